The van der Waals surface area contributed by atoms with E-state index >= 15 is 0 Å². The van der Waals surface area contributed by atoms with Crippen molar-refractivity contribution in [2.24, 2.45) is 5.73 Å². The van der Waals surface area contributed by atoms with Gasteiger partial charge in [-0.2, -0.15) is 0 Å². The van der Waals surface area contributed by atoms with Gasteiger partial charge < -0.3 is 10.6 Å². The van der Waals surface area contributed by atoms with Gasteiger partial charge in [0.1, 0.15) is 5.01 Å². The van der Waals surface area contributed by atoms with Crippen LogP contribution in [0.15, 0.2) is 24.3 Å². The fraction of sp³-hybridized carbons (Fsp3) is 0.375. The largest absolute Gasteiger partial charge is 0.366 e. The maximum atomic E-state index is 11.6. The fourth-order valence-electron chi connectivity index (χ4n) is 2.80. The van der Waals surface area contributed by atoms with Gasteiger partial charge in [0.25, 0.3) is 0 Å². The van der Waals surface area contributed by atoms with Gasteiger partial charge in [-0.3, -0.25) is 4.79 Å². The molecule has 1 amide bonds. The number of carbonyl (C=O) groups excluding carboxylic acids is 1. The molecule has 0 aliphatic heterocycles. The zero-order valence-electron chi connectivity index (χ0n) is 13.1. The van der Waals surface area contributed by atoms with Crippen LogP contribution in [0.1, 0.15) is 27.3 Å². The predicted molar refractivity (Wildman–Crippen MR) is 100 cm³/mol. The highest BCUT2D eigenvalue weighted by molar-refractivity contribution is 7.15. The van der Waals surface area contributed by atoms with Crippen molar-refractivity contribution in [3.8, 4) is 10.6 Å². The highest BCUT2D eigenvalue weighted by Crippen LogP contribution is 2.34. The van der Waals surface area contributed by atoms with E-state index in [1.54, 1.807) is 17.4 Å². The number of benzene rings is 1. The van der Waals surface area contributed by atoms with Gasteiger partial charge in [0.2, 0.25) is 5.91 Å². The average molecular weight is 374 g/mol. The number of aryl methyl sites for hydroxylation is 1. The van der Waals surface area contributed by atoms with E-state index in [2.05, 4.69) is 19.0 Å². The quantitative estimate of drug-likeness (QED) is 0.898. The molecule has 0 radical (unpaired) electrons. The van der Waals surface area contributed by atoms with Crippen molar-refractivity contribution in [1.29, 1.82) is 0 Å². The number of carbonyl (C=O) groups is 1. The van der Waals surface area contributed by atoms with Crippen LogP contribution < -0.4 is 5.73 Å². The molecule has 1 aromatic heterocycles. The smallest absolute Gasteiger partial charge is 0.249 e. The molecule has 1 aliphatic carbocycles. The van der Waals surface area contributed by atoms with Crippen LogP contribution in [0.5, 0.6) is 0 Å². The molecule has 3 rings (SSSR count). The van der Waals surface area contributed by atoms with Crippen LogP contribution in [0.25, 0.3) is 10.6 Å². The van der Waals surface area contributed by atoms with E-state index < -0.39 is 5.91 Å². The number of fused-ring (bicyclic) bond motifs is 1. The minimum absolute atomic E-state index is 0. The van der Waals surface area contributed by atoms with Gasteiger partial charge in [-0.1, -0.05) is 18.2 Å². The summed E-state index contributed by atoms with van der Waals surface area (Å²) >= 11 is 1.70. The Morgan fingerprint density at radius 3 is 2.65 bits per heavy atom. The highest BCUT2D eigenvalue weighted by Gasteiger charge is 2.25. The SMILES string of the molecule is CN(C)[C@H]1CCc2nc(-c3ccccc3C(N)=O)sc2C1.Cl.Cl. The zero-order chi connectivity index (χ0) is 15.0. The van der Waals surface area contributed by atoms with Crippen LogP contribution in [-0.4, -0.2) is 35.9 Å². The summed E-state index contributed by atoms with van der Waals surface area (Å²) in [6.45, 7) is 0. The maximum Gasteiger partial charge on any atom is 0.249 e. The van der Waals surface area contributed by atoms with E-state index in [1.165, 1.54) is 10.6 Å². The summed E-state index contributed by atoms with van der Waals surface area (Å²) < 4.78 is 0. The van der Waals surface area contributed by atoms with E-state index in [4.69, 9.17) is 10.7 Å². The van der Waals surface area contributed by atoms with E-state index in [9.17, 15) is 4.79 Å². The Bertz CT molecular complexity index is 688. The third-order valence-corrected chi connectivity index (χ3v) is 5.22. The molecule has 0 bridgehead atoms. The first-order valence-electron chi connectivity index (χ1n) is 7.10. The normalized spacial score (nSPS) is 16.2. The molecule has 0 unspecified atom stereocenters. The van der Waals surface area contributed by atoms with Crippen molar-refractivity contribution >= 4 is 42.1 Å². The molecule has 23 heavy (non-hydrogen) atoms. The van der Waals surface area contributed by atoms with Crippen molar-refractivity contribution in [2.75, 3.05) is 14.1 Å². The summed E-state index contributed by atoms with van der Waals surface area (Å²) in [7, 11) is 4.25. The standard InChI is InChI=1S/C16H19N3OS.2ClH/c1-19(2)10-7-8-13-14(9-10)21-16(18-13)12-6-4-3-5-11(12)15(17)20;;/h3-6,10H,7-9H2,1-2H3,(H2,17,20);2*1H/t10-;;/m0../s1. The molecule has 1 aromatic carbocycles. The van der Waals surface area contributed by atoms with Crippen LogP contribution in [-0.2, 0) is 12.8 Å². The molecular formula is C16H21Cl2N3OS. The Labute approximate surface area is 152 Å². The lowest BCUT2D eigenvalue weighted by Crippen LogP contribution is -2.32. The number of rotatable bonds is 3. The van der Waals surface area contributed by atoms with Gasteiger partial charge in [0.15, 0.2) is 0 Å². The summed E-state index contributed by atoms with van der Waals surface area (Å²) in [5.41, 5.74) is 8.06. The van der Waals surface area contributed by atoms with Gasteiger partial charge in [0.05, 0.1) is 5.69 Å². The second-order valence-electron chi connectivity index (χ2n) is 5.66. The summed E-state index contributed by atoms with van der Waals surface area (Å²) in [5, 5.41) is 0.911. The molecule has 0 saturated heterocycles. The van der Waals surface area contributed by atoms with Gasteiger partial charge in [0, 0.05) is 22.0 Å². The lowest BCUT2D eigenvalue weighted by Gasteiger charge is -2.27. The predicted octanol–water partition coefficient (Wildman–Crippen LogP) is 3.17. The molecule has 126 valence electrons. The van der Waals surface area contributed by atoms with E-state index in [-0.39, 0.29) is 24.8 Å². The lowest BCUT2D eigenvalue weighted by atomic mass is 9.97. The van der Waals surface area contributed by atoms with Gasteiger partial charge in [-0.05, 0) is 39.4 Å². The first-order valence-corrected chi connectivity index (χ1v) is 7.92. The van der Waals surface area contributed by atoms with Gasteiger partial charge in [-0.15, -0.1) is 36.2 Å². The molecule has 2 N–H and O–H groups in total. The number of likely N-dealkylation sites (N-methyl/N-ethyl adjacent to an activating group) is 1. The van der Waals surface area contributed by atoms with Crippen LogP contribution >= 0.6 is 36.2 Å². The Kier molecular flexibility index (Phi) is 7.02. The maximum absolute atomic E-state index is 11.6. The molecule has 1 aliphatic rings. The Balaban J connectivity index is 0.00000132. The van der Waals surface area contributed by atoms with Crippen molar-refractivity contribution in [1.82, 2.24) is 9.88 Å². The van der Waals surface area contributed by atoms with Crippen LogP contribution in [0, 0.1) is 0 Å². The molecule has 2 aromatic rings. The first kappa shape index (κ1) is 19.9. The summed E-state index contributed by atoms with van der Waals surface area (Å²) in [6, 6.07) is 8.02. The number of halogens is 2. The Morgan fingerprint density at radius 1 is 1.30 bits per heavy atom. The molecule has 1 atom stereocenters. The minimum atomic E-state index is -0.398. The molecule has 1 heterocycles. The van der Waals surface area contributed by atoms with Crippen molar-refractivity contribution < 1.29 is 4.79 Å². The fourth-order valence-corrected chi connectivity index (χ4v) is 4.02. The van der Waals surface area contributed by atoms with Crippen molar-refractivity contribution in [3.05, 3.63) is 40.4 Å². The van der Waals surface area contributed by atoms with Crippen LogP contribution in [0.4, 0.5) is 0 Å². The molecule has 0 fully saturated rings. The first-order chi connectivity index (χ1) is 10.1. The van der Waals surface area contributed by atoms with Crippen molar-refractivity contribution in [3.63, 3.8) is 0 Å². The minimum Gasteiger partial charge on any atom is -0.366 e. The third-order valence-electron chi connectivity index (χ3n) is 4.07. The Morgan fingerprint density at radius 2 is 2.00 bits per heavy atom. The number of thiazole rings is 1. The summed E-state index contributed by atoms with van der Waals surface area (Å²) in [6.07, 6.45) is 3.19. The second kappa shape index (κ2) is 8.11. The number of nitrogens with zero attached hydrogens (tertiary/aromatic N) is 2. The average Bonchev–Trinajstić information content (AvgIpc) is 2.89. The summed E-state index contributed by atoms with van der Waals surface area (Å²) in [5.74, 6) is -0.398. The van der Waals surface area contributed by atoms with Gasteiger partial charge in [-0.25, -0.2) is 4.98 Å². The van der Waals surface area contributed by atoms with Crippen LogP contribution in [0.2, 0.25) is 0 Å². The molecular weight excluding hydrogens is 353 g/mol. The van der Waals surface area contributed by atoms with E-state index in [0.29, 0.717) is 11.6 Å². The molecule has 4 nitrogen and oxygen atoms in total. The van der Waals surface area contributed by atoms with E-state index in [0.717, 1.165) is 29.8 Å². The van der Waals surface area contributed by atoms with E-state index in [1.807, 2.05) is 18.2 Å². The van der Waals surface area contributed by atoms with Crippen LogP contribution in [0.3, 0.4) is 0 Å². The lowest BCUT2D eigenvalue weighted by molar-refractivity contribution is 0.100. The molecule has 0 spiro atoms. The highest BCUT2D eigenvalue weighted by atomic mass is 35.5. The number of nitrogens with two attached hydrogens (primary N) is 1. The molecule has 7 heteroatoms. The number of amides is 1. The Hall–Kier alpha value is -1.14. The van der Waals surface area contributed by atoms with Gasteiger partial charge >= 0.3 is 0 Å². The van der Waals surface area contributed by atoms with Crippen molar-refractivity contribution in [2.45, 2.75) is 25.3 Å². The number of hydrogen-bond donors (Lipinski definition) is 1. The topological polar surface area (TPSA) is 59.2 Å². The summed E-state index contributed by atoms with van der Waals surface area (Å²) in [4.78, 5) is 19.9. The second-order valence-corrected chi connectivity index (χ2v) is 6.74. The third kappa shape index (κ3) is 4.04. The zero-order valence-corrected chi connectivity index (χ0v) is 15.6. The number of hydrogen-bond acceptors (Lipinski definition) is 4. The number of primary amides is 1. The molecule has 0 saturated carbocycles. The number of aromatic nitrogens is 1. The monoisotopic (exact) mass is 373 g/mol.